The standard InChI is InChI=1S/C21H26N2O3S2/c1-26-17-6-7-18-15(12-17)8-10-22-14-16-4-2-9-23(19(16)13-20(18)22)28(24,25)21-5-3-11-27-21/h3,5-7,11-12,16,19-20H,2,4,8-10,13-14H2,1H3/t16-,19+,20+/m1/s1. The Morgan fingerprint density at radius 1 is 1.21 bits per heavy atom. The quantitative estimate of drug-likeness (QED) is 0.765. The van der Waals surface area contributed by atoms with Crippen LogP contribution in [-0.2, 0) is 16.4 Å². The van der Waals surface area contributed by atoms with Crippen molar-refractivity contribution in [3.63, 3.8) is 0 Å². The summed E-state index contributed by atoms with van der Waals surface area (Å²) in [5, 5.41) is 1.85. The number of sulfonamides is 1. The summed E-state index contributed by atoms with van der Waals surface area (Å²) in [6.45, 7) is 2.69. The van der Waals surface area contributed by atoms with Gasteiger partial charge in [-0.25, -0.2) is 8.42 Å². The van der Waals surface area contributed by atoms with Crippen LogP contribution in [0.2, 0.25) is 0 Å². The van der Waals surface area contributed by atoms with Crippen LogP contribution in [0.5, 0.6) is 5.75 Å². The number of fused-ring (bicyclic) bond motifs is 4. The molecule has 150 valence electrons. The Labute approximate surface area is 171 Å². The number of benzene rings is 1. The highest BCUT2D eigenvalue weighted by molar-refractivity contribution is 7.91. The highest BCUT2D eigenvalue weighted by atomic mass is 32.2. The van der Waals surface area contributed by atoms with E-state index in [9.17, 15) is 8.42 Å². The third-order valence-corrected chi connectivity index (χ3v) is 9.98. The van der Waals surface area contributed by atoms with Crippen molar-refractivity contribution in [2.45, 2.75) is 42.0 Å². The molecule has 0 spiro atoms. The number of piperidine rings is 2. The van der Waals surface area contributed by atoms with Gasteiger partial charge in [0.1, 0.15) is 9.96 Å². The minimum absolute atomic E-state index is 0.0927. The van der Waals surface area contributed by atoms with Crippen molar-refractivity contribution < 1.29 is 13.2 Å². The molecule has 0 saturated carbocycles. The molecule has 1 aromatic carbocycles. The molecule has 1 aromatic heterocycles. The SMILES string of the molecule is COc1ccc2c(c1)CCN1C[C@H]3CCCN(S(=O)(=O)c4cccs4)[C@H]3C[C@@H]21. The Balaban J connectivity index is 1.48. The van der Waals surface area contributed by atoms with Crippen molar-refractivity contribution in [1.29, 1.82) is 0 Å². The van der Waals surface area contributed by atoms with Gasteiger partial charge in [0, 0.05) is 31.7 Å². The first kappa shape index (κ1) is 18.6. The number of thiophene rings is 1. The van der Waals surface area contributed by atoms with Gasteiger partial charge in [0.05, 0.1) is 7.11 Å². The summed E-state index contributed by atoms with van der Waals surface area (Å²) in [5.74, 6) is 1.33. The van der Waals surface area contributed by atoms with Gasteiger partial charge < -0.3 is 4.74 Å². The maximum atomic E-state index is 13.3. The number of rotatable bonds is 3. The lowest BCUT2D eigenvalue weighted by molar-refractivity contribution is 0.0220. The van der Waals surface area contributed by atoms with Crippen molar-refractivity contribution >= 4 is 21.4 Å². The highest BCUT2D eigenvalue weighted by Crippen LogP contribution is 2.44. The van der Waals surface area contributed by atoms with Crippen molar-refractivity contribution in [3.05, 3.63) is 46.8 Å². The topological polar surface area (TPSA) is 49.9 Å². The van der Waals surface area contributed by atoms with E-state index in [0.29, 0.717) is 22.7 Å². The smallest absolute Gasteiger partial charge is 0.252 e. The van der Waals surface area contributed by atoms with E-state index in [1.807, 2.05) is 21.8 Å². The molecular formula is C21H26N2O3S2. The van der Waals surface area contributed by atoms with Crippen LogP contribution in [0.15, 0.2) is 39.9 Å². The fourth-order valence-electron chi connectivity index (χ4n) is 5.34. The summed E-state index contributed by atoms with van der Waals surface area (Å²) in [6.07, 6.45) is 4.00. The third kappa shape index (κ3) is 3.00. The Kier molecular flexibility index (Phi) is 4.74. The molecular weight excluding hydrogens is 392 g/mol. The molecule has 2 aromatic rings. The molecule has 0 N–H and O–H groups in total. The first-order valence-corrected chi connectivity index (χ1v) is 12.4. The van der Waals surface area contributed by atoms with Gasteiger partial charge in [-0.1, -0.05) is 12.1 Å². The second-order valence-corrected chi connectivity index (χ2v) is 11.1. The highest BCUT2D eigenvalue weighted by Gasteiger charge is 2.46. The molecule has 0 radical (unpaired) electrons. The van der Waals surface area contributed by atoms with Crippen LogP contribution in [0.1, 0.15) is 36.4 Å². The van der Waals surface area contributed by atoms with Gasteiger partial charge in [0.15, 0.2) is 0 Å². The second kappa shape index (κ2) is 7.13. The molecule has 0 amide bonds. The molecule has 5 nitrogen and oxygen atoms in total. The Morgan fingerprint density at radius 2 is 2.11 bits per heavy atom. The van der Waals surface area contributed by atoms with E-state index in [2.05, 4.69) is 17.0 Å². The number of nitrogens with zero attached hydrogens (tertiary/aromatic N) is 2. The Hall–Kier alpha value is -1.41. The first-order chi connectivity index (χ1) is 13.6. The van der Waals surface area contributed by atoms with Gasteiger partial charge in [-0.05, 0) is 66.3 Å². The van der Waals surface area contributed by atoms with Crippen LogP contribution in [0.25, 0.3) is 0 Å². The fourth-order valence-corrected chi connectivity index (χ4v) is 8.20. The van der Waals surface area contributed by atoms with E-state index < -0.39 is 10.0 Å². The fraction of sp³-hybridized carbons (Fsp3) is 0.524. The van der Waals surface area contributed by atoms with E-state index >= 15 is 0 Å². The maximum Gasteiger partial charge on any atom is 0.252 e. The normalized spacial score (nSPS) is 28.2. The van der Waals surface area contributed by atoms with Gasteiger partial charge in [-0.15, -0.1) is 11.3 Å². The zero-order valence-electron chi connectivity index (χ0n) is 16.1. The van der Waals surface area contributed by atoms with E-state index in [1.165, 1.54) is 22.5 Å². The zero-order valence-corrected chi connectivity index (χ0v) is 17.7. The number of ether oxygens (including phenoxy) is 1. The number of hydrogen-bond acceptors (Lipinski definition) is 5. The van der Waals surface area contributed by atoms with Crippen molar-refractivity contribution in [1.82, 2.24) is 9.21 Å². The third-order valence-electron chi connectivity index (χ3n) is 6.68. The number of hydrogen-bond donors (Lipinski definition) is 0. The average molecular weight is 419 g/mol. The van der Waals surface area contributed by atoms with E-state index in [4.69, 9.17) is 4.74 Å². The summed E-state index contributed by atoms with van der Waals surface area (Å²) in [6, 6.07) is 10.3. The summed E-state index contributed by atoms with van der Waals surface area (Å²) >= 11 is 1.32. The largest absolute Gasteiger partial charge is 0.497 e. The molecule has 4 heterocycles. The van der Waals surface area contributed by atoms with Crippen molar-refractivity contribution in [3.8, 4) is 5.75 Å². The predicted octanol–water partition coefficient (Wildman–Crippen LogP) is 3.53. The first-order valence-electron chi connectivity index (χ1n) is 10.0. The van der Waals surface area contributed by atoms with Crippen LogP contribution >= 0.6 is 11.3 Å². The second-order valence-electron chi connectivity index (χ2n) is 8.08. The van der Waals surface area contributed by atoms with Crippen LogP contribution in [0, 0.1) is 5.92 Å². The molecule has 28 heavy (non-hydrogen) atoms. The summed E-state index contributed by atoms with van der Waals surface area (Å²) in [4.78, 5) is 2.58. The Morgan fingerprint density at radius 3 is 2.89 bits per heavy atom. The lowest BCUT2D eigenvalue weighted by Gasteiger charge is -2.51. The van der Waals surface area contributed by atoms with Gasteiger partial charge in [0.2, 0.25) is 0 Å². The molecule has 3 aliphatic heterocycles. The van der Waals surface area contributed by atoms with Crippen molar-refractivity contribution in [2.75, 3.05) is 26.7 Å². The average Bonchev–Trinajstić information content (AvgIpc) is 3.27. The van der Waals surface area contributed by atoms with Crippen LogP contribution in [0.3, 0.4) is 0 Å². The minimum atomic E-state index is -3.40. The predicted molar refractivity (Wildman–Crippen MR) is 110 cm³/mol. The molecule has 2 fully saturated rings. The monoisotopic (exact) mass is 418 g/mol. The molecule has 7 heteroatoms. The summed E-state index contributed by atoms with van der Waals surface area (Å²) in [5.41, 5.74) is 2.70. The van der Waals surface area contributed by atoms with Crippen molar-refractivity contribution in [2.24, 2.45) is 5.92 Å². The molecule has 2 saturated heterocycles. The minimum Gasteiger partial charge on any atom is -0.497 e. The Bertz CT molecular complexity index is 958. The van der Waals surface area contributed by atoms with Gasteiger partial charge in [0.25, 0.3) is 10.0 Å². The molecule has 3 aliphatic rings. The molecule has 0 aliphatic carbocycles. The summed E-state index contributed by atoms with van der Waals surface area (Å²) < 4.78 is 34.3. The van der Waals surface area contributed by atoms with Gasteiger partial charge in [-0.3, -0.25) is 4.90 Å². The summed E-state index contributed by atoms with van der Waals surface area (Å²) in [7, 11) is -1.70. The molecule has 5 rings (SSSR count). The lowest BCUT2D eigenvalue weighted by atomic mass is 9.77. The van der Waals surface area contributed by atoms with Gasteiger partial charge >= 0.3 is 0 Å². The molecule has 0 bridgehead atoms. The molecule has 0 unspecified atom stereocenters. The van der Waals surface area contributed by atoms with Crippen LogP contribution < -0.4 is 4.74 Å². The van der Waals surface area contributed by atoms with E-state index in [-0.39, 0.29) is 6.04 Å². The van der Waals surface area contributed by atoms with E-state index in [0.717, 1.165) is 44.5 Å². The van der Waals surface area contributed by atoms with Crippen LogP contribution in [-0.4, -0.2) is 50.4 Å². The maximum absolute atomic E-state index is 13.3. The van der Waals surface area contributed by atoms with Gasteiger partial charge in [-0.2, -0.15) is 4.31 Å². The molecule has 3 atom stereocenters. The lowest BCUT2D eigenvalue weighted by Crippen LogP contribution is -2.57. The zero-order chi connectivity index (χ0) is 19.3. The van der Waals surface area contributed by atoms with E-state index in [1.54, 1.807) is 13.2 Å². The number of methoxy groups -OCH3 is 1. The van der Waals surface area contributed by atoms with Crippen LogP contribution in [0.4, 0.5) is 0 Å².